The summed E-state index contributed by atoms with van der Waals surface area (Å²) in [5, 5.41) is 1.03. The SMILES string of the molecule is O=C(CC[C@@H]1CCCO1)N1CC=C(c2c[nH]c3cc(F)ccc23)CC1. The quantitative estimate of drug-likeness (QED) is 0.916. The van der Waals surface area contributed by atoms with Crippen molar-refractivity contribution in [1.29, 1.82) is 0 Å². The molecule has 1 saturated heterocycles. The van der Waals surface area contributed by atoms with Crippen molar-refractivity contribution in [3.63, 3.8) is 0 Å². The predicted octanol–water partition coefficient (Wildman–Crippen LogP) is 3.88. The van der Waals surface area contributed by atoms with Crippen molar-refractivity contribution < 1.29 is 13.9 Å². The first-order valence-corrected chi connectivity index (χ1v) is 9.06. The van der Waals surface area contributed by atoms with Gasteiger partial charge in [-0.2, -0.15) is 0 Å². The summed E-state index contributed by atoms with van der Waals surface area (Å²) in [6.45, 7) is 2.22. The van der Waals surface area contributed by atoms with Crippen molar-refractivity contribution in [1.82, 2.24) is 9.88 Å². The van der Waals surface area contributed by atoms with Crippen LogP contribution in [0.5, 0.6) is 0 Å². The van der Waals surface area contributed by atoms with Crippen molar-refractivity contribution in [3.05, 3.63) is 41.9 Å². The molecule has 4 nitrogen and oxygen atoms in total. The molecule has 1 fully saturated rings. The second-order valence-corrected chi connectivity index (χ2v) is 6.89. The van der Waals surface area contributed by atoms with Crippen LogP contribution in [0.2, 0.25) is 0 Å². The molecule has 1 aromatic heterocycles. The van der Waals surface area contributed by atoms with E-state index in [1.807, 2.05) is 17.2 Å². The van der Waals surface area contributed by atoms with E-state index < -0.39 is 0 Å². The van der Waals surface area contributed by atoms with Crippen molar-refractivity contribution in [2.45, 2.75) is 38.2 Å². The number of halogens is 1. The first kappa shape index (κ1) is 16.3. The fourth-order valence-corrected chi connectivity index (χ4v) is 3.82. The van der Waals surface area contributed by atoms with Crippen molar-refractivity contribution in [3.8, 4) is 0 Å². The van der Waals surface area contributed by atoms with Gasteiger partial charge in [-0.3, -0.25) is 4.79 Å². The fourth-order valence-electron chi connectivity index (χ4n) is 3.82. The highest BCUT2D eigenvalue weighted by Crippen LogP contribution is 2.30. The molecule has 2 aliphatic rings. The summed E-state index contributed by atoms with van der Waals surface area (Å²) in [4.78, 5) is 17.5. The van der Waals surface area contributed by atoms with E-state index >= 15 is 0 Å². The molecular formula is C20H23FN2O2. The summed E-state index contributed by atoms with van der Waals surface area (Å²) in [5.74, 6) is -0.0201. The van der Waals surface area contributed by atoms with E-state index in [1.165, 1.54) is 17.7 Å². The van der Waals surface area contributed by atoms with Crippen LogP contribution in [0.4, 0.5) is 4.39 Å². The number of carbonyl (C=O) groups excluding carboxylic acids is 1. The Kier molecular flexibility index (Phi) is 4.57. The van der Waals surface area contributed by atoms with Crippen molar-refractivity contribution >= 4 is 22.4 Å². The second kappa shape index (κ2) is 7.00. The number of amides is 1. The Hall–Kier alpha value is -2.14. The van der Waals surface area contributed by atoms with E-state index in [0.29, 0.717) is 13.0 Å². The molecule has 1 N–H and O–H groups in total. The Morgan fingerprint density at radius 2 is 2.32 bits per heavy atom. The number of hydrogen-bond acceptors (Lipinski definition) is 2. The number of benzene rings is 1. The molecular weight excluding hydrogens is 319 g/mol. The lowest BCUT2D eigenvalue weighted by molar-refractivity contribution is -0.131. The number of H-pyrrole nitrogens is 1. The van der Waals surface area contributed by atoms with Crippen LogP contribution in [0.25, 0.3) is 16.5 Å². The molecule has 3 heterocycles. The Labute approximate surface area is 146 Å². The predicted molar refractivity (Wildman–Crippen MR) is 95.6 cm³/mol. The number of nitrogens with zero attached hydrogens (tertiary/aromatic N) is 1. The highest BCUT2D eigenvalue weighted by molar-refractivity contribution is 5.93. The van der Waals surface area contributed by atoms with E-state index in [-0.39, 0.29) is 17.8 Å². The lowest BCUT2D eigenvalue weighted by atomic mass is 9.98. The molecule has 4 rings (SSSR count). The van der Waals surface area contributed by atoms with Gasteiger partial charge in [0.25, 0.3) is 0 Å². The number of carbonyl (C=O) groups is 1. The van der Waals surface area contributed by atoms with Gasteiger partial charge in [0, 0.05) is 48.8 Å². The zero-order valence-electron chi connectivity index (χ0n) is 14.3. The number of aromatic amines is 1. The molecule has 0 bridgehead atoms. The van der Waals surface area contributed by atoms with Gasteiger partial charge in [0.15, 0.2) is 0 Å². The summed E-state index contributed by atoms with van der Waals surface area (Å²) >= 11 is 0. The van der Waals surface area contributed by atoms with Gasteiger partial charge < -0.3 is 14.6 Å². The van der Waals surface area contributed by atoms with Crippen molar-refractivity contribution in [2.75, 3.05) is 19.7 Å². The molecule has 0 radical (unpaired) electrons. The lowest BCUT2D eigenvalue weighted by Crippen LogP contribution is -2.35. The molecule has 0 aliphatic carbocycles. The first-order chi connectivity index (χ1) is 12.2. The summed E-state index contributed by atoms with van der Waals surface area (Å²) in [6, 6.07) is 4.82. The molecule has 0 unspecified atom stereocenters. The number of fused-ring (bicyclic) bond motifs is 1. The van der Waals surface area contributed by atoms with Crippen LogP contribution in [0, 0.1) is 5.82 Å². The van der Waals surface area contributed by atoms with E-state index in [4.69, 9.17) is 4.74 Å². The van der Waals surface area contributed by atoms with Crippen LogP contribution in [-0.4, -0.2) is 41.6 Å². The van der Waals surface area contributed by atoms with Gasteiger partial charge in [0.1, 0.15) is 5.82 Å². The third-order valence-electron chi connectivity index (χ3n) is 5.26. The van der Waals surface area contributed by atoms with Crippen LogP contribution >= 0.6 is 0 Å². The van der Waals surface area contributed by atoms with Gasteiger partial charge in [-0.25, -0.2) is 4.39 Å². The minimum atomic E-state index is -0.235. The van der Waals surface area contributed by atoms with Crippen LogP contribution in [0.1, 0.15) is 37.7 Å². The van der Waals surface area contributed by atoms with Gasteiger partial charge in [0.05, 0.1) is 6.10 Å². The normalized spacial score (nSPS) is 20.9. The Morgan fingerprint density at radius 1 is 1.40 bits per heavy atom. The molecule has 1 atom stereocenters. The van der Waals surface area contributed by atoms with E-state index in [1.54, 1.807) is 0 Å². The topological polar surface area (TPSA) is 45.3 Å². The zero-order chi connectivity index (χ0) is 17.2. The number of rotatable bonds is 4. The van der Waals surface area contributed by atoms with Gasteiger partial charge in [-0.05, 0) is 49.5 Å². The minimum Gasteiger partial charge on any atom is -0.378 e. The molecule has 0 spiro atoms. The second-order valence-electron chi connectivity index (χ2n) is 6.89. The fraction of sp³-hybridized carbons (Fsp3) is 0.450. The third kappa shape index (κ3) is 3.47. The molecule has 1 amide bonds. The molecule has 25 heavy (non-hydrogen) atoms. The van der Waals surface area contributed by atoms with Gasteiger partial charge >= 0.3 is 0 Å². The standard InChI is InChI=1S/C20H23FN2O2/c21-15-3-5-17-18(13-22-19(17)12-15)14-7-9-23(10-8-14)20(24)6-4-16-2-1-11-25-16/h3,5,7,12-13,16,22H,1-2,4,6,8-11H2/t16-/m0/s1. The number of aromatic nitrogens is 1. The number of nitrogens with one attached hydrogen (secondary N) is 1. The monoisotopic (exact) mass is 342 g/mol. The van der Waals surface area contributed by atoms with Gasteiger partial charge in [-0.1, -0.05) is 6.08 Å². The molecule has 0 saturated carbocycles. The maximum absolute atomic E-state index is 13.3. The minimum absolute atomic E-state index is 0.215. The van der Waals surface area contributed by atoms with Crippen LogP contribution in [-0.2, 0) is 9.53 Å². The molecule has 5 heteroatoms. The summed E-state index contributed by atoms with van der Waals surface area (Å²) in [6.07, 6.45) is 8.76. The molecule has 2 aromatic rings. The number of ether oxygens (including phenoxy) is 1. The summed E-state index contributed by atoms with van der Waals surface area (Å²) in [7, 11) is 0. The number of hydrogen-bond donors (Lipinski definition) is 1. The molecule has 1 aromatic carbocycles. The van der Waals surface area contributed by atoms with Crippen LogP contribution < -0.4 is 0 Å². The van der Waals surface area contributed by atoms with Crippen molar-refractivity contribution in [2.24, 2.45) is 0 Å². The smallest absolute Gasteiger partial charge is 0.222 e. The summed E-state index contributed by atoms with van der Waals surface area (Å²) in [5.41, 5.74) is 3.15. The average molecular weight is 342 g/mol. The van der Waals surface area contributed by atoms with Crippen LogP contribution in [0.15, 0.2) is 30.5 Å². The highest BCUT2D eigenvalue weighted by atomic mass is 19.1. The molecule has 2 aliphatic heterocycles. The van der Waals surface area contributed by atoms with E-state index in [0.717, 1.165) is 55.3 Å². The zero-order valence-corrected chi connectivity index (χ0v) is 14.3. The van der Waals surface area contributed by atoms with Gasteiger partial charge in [-0.15, -0.1) is 0 Å². The lowest BCUT2D eigenvalue weighted by Gasteiger charge is -2.27. The molecule has 132 valence electrons. The average Bonchev–Trinajstić information content (AvgIpc) is 3.29. The highest BCUT2D eigenvalue weighted by Gasteiger charge is 2.22. The Morgan fingerprint density at radius 3 is 3.08 bits per heavy atom. The Balaban J connectivity index is 1.40. The first-order valence-electron chi connectivity index (χ1n) is 9.06. The van der Waals surface area contributed by atoms with Gasteiger partial charge in [0.2, 0.25) is 5.91 Å². The largest absolute Gasteiger partial charge is 0.378 e. The maximum Gasteiger partial charge on any atom is 0.222 e. The maximum atomic E-state index is 13.3. The van der Waals surface area contributed by atoms with Crippen LogP contribution in [0.3, 0.4) is 0 Å². The van der Waals surface area contributed by atoms with E-state index in [9.17, 15) is 9.18 Å². The third-order valence-corrected chi connectivity index (χ3v) is 5.26. The van der Waals surface area contributed by atoms with E-state index in [2.05, 4.69) is 11.1 Å². The summed E-state index contributed by atoms with van der Waals surface area (Å²) < 4.78 is 18.9. The Bertz CT molecular complexity index is 805.